The van der Waals surface area contributed by atoms with E-state index in [1.807, 2.05) is 6.92 Å². The lowest BCUT2D eigenvalue weighted by Crippen LogP contribution is -2.40. The summed E-state index contributed by atoms with van der Waals surface area (Å²) in [5, 5.41) is 0. The zero-order valence-electron chi connectivity index (χ0n) is 10.8. The van der Waals surface area contributed by atoms with Gasteiger partial charge in [0.2, 0.25) is 0 Å². The number of carbonyl (C=O) groups is 1. The first-order valence-corrected chi connectivity index (χ1v) is 6.79. The molecule has 1 rings (SSSR count). The van der Waals surface area contributed by atoms with Crippen LogP contribution < -0.4 is 0 Å². The number of halogens is 4. The third-order valence-electron chi connectivity index (χ3n) is 2.57. The molecule has 0 bridgehead atoms. The molecule has 0 aromatic carbocycles. The lowest BCUT2D eigenvalue weighted by Gasteiger charge is -2.23. The van der Waals surface area contributed by atoms with Crippen molar-refractivity contribution in [1.29, 1.82) is 0 Å². The van der Waals surface area contributed by atoms with Crippen molar-refractivity contribution >= 4 is 21.8 Å². The molecule has 0 saturated heterocycles. The summed E-state index contributed by atoms with van der Waals surface area (Å²) in [6.07, 6.45) is -2.22. The van der Waals surface area contributed by atoms with Gasteiger partial charge in [-0.2, -0.15) is 13.2 Å². The molecule has 1 aromatic heterocycles. The monoisotopic (exact) mass is 340 g/mol. The van der Waals surface area contributed by atoms with E-state index in [1.165, 1.54) is 0 Å². The van der Waals surface area contributed by atoms with E-state index in [4.69, 9.17) is 0 Å². The Balaban J connectivity index is 2.98. The minimum Gasteiger partial charge on any atom is -0.343 e. The van der Waals surface area contributed by atoms with Crippen LogP contribution in [-0.2, 0) is 6.54 Å². The molecule has 0 saturated carbocycles. The van der Waals surface area contributed by atoms with Gasteiger partial charge in [-0.15, -0.1) is 0 Å². The van der Waals surface area contributed by atoms with E-state index in [0.717, 1.165) is 4.90 Å². The molecule has 0 radical (unpaired) electrons. The maximum absolute atomic E-state index is 12.5. The van der Waals surface area contributed by atoms with E-state index in [1.54, 1.807) is 23.8 Å². The van der Waals surface area contributed by atoms with Crippen LogP contribution in [0.25, 0.3) is 0 Å². The van der Waals surface area contributed by atoms with Crippen LogP contribution in [0.5, 0.6) is 0 Å². The number of carbonyl (C=O) groups excluding carboxylic acids is 1. The number of nitrogens with zero attached hydrogens (tertiary/aromatic N) is 2. The average Bonchev–Trinajstić information content (AvgIpc) is 2.67. The van der Waals surface area contributed by atoms with Gasteiger partial charge in [0.05, 0.1) is 0 Å². The number of aromatic nitrogens is 1. The fraction of sp³-hybridized carbons (Fsp3) is 0.583. The summed E-state index contributed by atoms with van der Waals surface area (Å²) in [7, 11) is 0. The molecule has 0 aliphatic heterocycles. The first-order chi connectivity index (χ1) is 8.78. The summed E-state index contributed by atoms with van der Waals surface area (Å²) in [5.74, 6) is -0.591. The summed E-state index contributed by atoms with van der Waals surface area (Å²) in [6.45, 7) is 2.97. The van der Waals surface area contributed by atoms with Crippen LogP contribution in [0.4, 0.5) is 13.2 Å². The summed E-state index contributed by atoms with van der Waals surface area (Å²) in [5.41, 5.74) is 0.270. The van der Waals surface area contributed by atoms with Crippen LogP contribution in [-0.4, -0.2) is 34.6 Å². The van der Waals surface area contributed by atoms with Crippen LogP contribution in [0, 0.1) is 0 Å². The molecule has 7 heteroatoms. The molecule has 0 spiro atoms. The van der Waals surface area contributed by atoms with E-state index >= 15 is 0 Å². The number of amides is 1. The molecule has 19 heavy (non-hydrogen) atoms. The second-order valence-electron chi connectivity index (χ2n) is 4.17. The highest BCUT2D eigenvalue weighted by atomic mass is 79.9. The number of hydrogen-bond donors (Lipinski definition) is 0. The number of hydrogen-bond acceptors (Lipinski definition) is 1. The summed E-state index contributed by atoms with van der Waals surface area (Å²) >= 11 is 3.23. The fourth-order valence-electron chi connectivity index (χ4n) is 1.82. The van der Waals surface area contributed by atoms with Gasteiger partial charge >= 0.3 is 6.18 Å². The lowest BCUT2D eigenvalue weighted by atomic mass is 10.3. The van der Waals surface area contributed by atoms with Gasteiger partial charge in [-0.3, -0.25) is 4.79 Å². The van der Waals surface area contributed by atoms with Crippen LogP contribution in [0.15, 0.2) is 16.7 Å². The zero-order valence-corrected chi connectivity index (χ0v) is 12.4. The largest absolute Gasteiger partial charge is 0.406 e. The lowest BCUT2D eigenvalue weighted by molar-refractivity contribution is -0.140. The van der Waals surface area contributed by atoms with Crippen molar-refractivity contribution in [3.63, 3.8) is 0 Å². The highest BCUT2D eigenvalue weighted by Crippen LogP contribution is 2.21. The first kappa shape index (κ1) is 16.1. The second kappa shape index (κ2) is 6.45. The van der Waals surface area contributed by atoms with Gasteiger partial charge in [0, 0.05) is 23.8 Å². The maximum Gasteiger partial charge on any atom is 0.406 e. The minimum absolute atomic E-state index is 0.0882. The Kier molecular flexibility index (Phi) is 5.46. The molecule has 1 amide bonds. The topological polar surface area (TPSA) is 25.2 Å². The molecule has 0 N–H and O–H groups in total. The molecule has 0 fully saturated rings. The van der Waals surface area contributed by atoms with Crippen LogP contribution in [0.1, 0.15) is 30.8 Å². The Morgan fingerprint density at radius 3 is 2.53 bits per heavy atom. The van der Waals surface area contributed by atoms with E-state index in [9.17, 15) is 18.0 Å². The Morgan fingerprint density at radius 2 is 2.05 bits per heavy atom. The summed E-state index contributed by atoms with van der Waals surface area (Å²) in [6, 6.07) is 1.55. The number of rotatable bonds is 5. The SMILES string of the molecule is CCCN(CC(F)(F)F)C(=O)c1cc(Br)cn1CC. The van der Waals surface area contributed by atoms with Crippen molar-refractivity contribution in [1.82, 2.24) is 9.47 Å². The Bertz CT molecular complexity index is 443. The van der Waals surface area contributed by atoms with Crippen LogP contribution in [0.3, 0.4) is 0 Å². The fourth-order valence-corrected chi connectivity index (χ4v) is 2.28. The summed E-state index contributed by atoms with van der Waals surface area (Å²) < 4.78 is 39.8. The molecular weight excluding hydrogens is 325 g/mol. The van der Waals surface area contributed by atoms with Crippen molar-refractivity contribution < 1.29 is 18.0 Å². The molecule has 1 heterocycles. The van der Waals surface area contributed by atoms with Crippen molar-refractivity contribution in [2.45, 2.75) is 33.0 Å². The van der Waals surface area contributed by atoms with E-state index < -0.39 is 18.6 Å². The molecule has 0 atom stereocenters. The van der Waals surface area contributed by atoms with Gasteiger partial charge in [0.1, 0.15) is 12.2 Å². The van der Waals surface area contributed by atoms with Gasteiger partial charge in [0.25, 0.3) is 5.91 Å². The van der Waals surface area contributed by atoms with Crippen molar-refractivity contribution in [2.24, 2.45) is 0 Å². The quantitative estimate of drug-likeness (QED) is 0.802. The van der Waals surface area contributed by atoms with Gasteiger partial charge in [-0.25, -0.2) is 0 Å². The highest BCUT2D eigenvalue weighted by Gasteiger charge is 2.33. The van der Waals surface area contributed by atoms with E-state index in [0.29, 0.717) is 17.4 Å². The molecule has 1 aromatic rings. The summed E-state index contributed by atoms with van der Waals surface area (Å²) in [4.78, 5) is 13.0. The zero-order chi connectivity index (χ0) is 14.6. The Labute approximate surface area is 118 Å². The van der Waals surface area contributed by atoms with Gasteiger partial charge in [0.15, 0.2) is 0 Å². The normalized spacial score (nSPS) is 11.7. The predicted molar refractivity (Wildman–Crippen MR) is 70.1 cm³/mol. The van der Waals surface area contributed by atoms with E-state index in [-0.39, 0.29) is 12.2 Å². The molecule has 0 aliphatic carbocycles. The molecule has 108 valence electrons. The van der Waals surface area contributed by atoms with Crippen LogP contribution >= 0.6 is 15.9 Å². The Hall–Kier alpha value is -0.980. The number of aryl methyl sites for hydroxylation is 1. The maximum atomic E-state index is 12.5. The molecule has 0 aliphatic rings. The van der Waals surface area contributed by atoms with Gasteiger partial charge in [-0.1, -0.05) is 6.92 Å². The highest BCUT2D eigenvalue weighted by molar-refractivity contribution is 9.10. The minimum atomic E-state index is -4.38. The number of alkyl halides is 3. The average molecular weight is 341 g/mol. The molecule has 0 unspecified atom stereocenters. The van der Waals surface area contributed by atoms with Crippen molar-refractivity contribution in [2.75, 3.05) is 13.1 Å². The van der Waals surface area contributed by atoms with E-state index in [2.05, 4.69) is 15.9 Å². The third-order valence-corrected chi connectivity index (χ3v) is 3.01. The van der Waals surface area contributed by atoms with Crippen LogP contribution in [0.2, 0.25) is 0 Å². The molecule has 3 nitrogen and oxygen atoms in total. The third kappa shape index (κ3) is 4.56. The van der Waals surface area contributed by atoms with Gasteiger partial charge < -0.3 is 9.47 Å². The van der Waals surface area contributed by atoms with Gasteiger partial charge in [-0.05, 0) is 35.3 Å². The smallest absolute Gasteiger partial charge is 0.343 e. The van der Waals surface area contributed by atoms with Crippen molar-refractivity contribution in [3.05, 3.63) is 22.4 Å². The Morgan fingerprint density at radius 1 is 1.42 bits per heavy atom. The molecular formula is C12H16BrF3N2O. The first-order valence-electron chi connectivity index (χ1n) is 6.00. The van der Waals surface area contributed by atoms with Crippen molar-refractivity contribution in [3.8, 4) is 0 Å². The standard InChI is InChI=1S/C12H16BrF3N2O/c1-3-5-18(8-12(14,15)16)11(19)10-6-9(13)7-17(10)4-2/h6-7H,3-5,8H2,1-2H3. The second-order valence-corrected chi connectivity index (χ2v) is 5.09. The predicted octanol–water partition coefficient (Wildman–Crippen LogP) is 3.69.